The van der Waals surface area contributed by atoms with Gasteiger partial charge in [0.15, 0.2) is 0 Å². The summed E-state index contributed by atoms with van der Waals surface area (Å²) in [5.41, 5.74) is 0.210. The zero-order chi connectivity index (χ0) is 15.7. The van der Waals surface area contributed by atoms with Gasteiger partial charge in [0.05, 0.1) is 29.9 Å². The molecule has 0 saturated carbocycles. The predicted molar refractivity (Wildman–Crippen MR) is 79.6 cm³/mol. The van der Waals surface area contributed by atoms with Crippen molar-refractivity contribution in [1.29, 1.82) is 0 Å². The van der Waals surface area contributed by atoms with Crippen molar-refractivity contribution in [3.8, 4) is 0 Å². The largest absolute Gasteiger partial charge is 0.394 e. The molecule has 0 spiro atoms. The molecule has 5 heteroatoms. The Morgan fingerprint density at radius 1 is 1.35 bits per heavy atom. The Hall–Kier alpha value is -1.36. The number of carbonyl (C=O) groups is 1. The average Bonchev–Trinajstić information content (AvgIpc) is 2.75. The predicted octanol–water partition coefficient (Wildman–Crippen LogP) is 2.12. The molecule has 114 valence electrons. The molecule has 1 atom stereocenters. The van der Waals surface area contributed by atoms with Gasteiger partial charge in [0.2, 0.25) is 0 Å². The van der Waals surface area contributed by atoms with Crippen molar-refractivity contribution in [1.82, 2.24) is 14.7 Å². The summed E-state index contributed by atoms with van der Waals surface area (Å²) in [6, 6.07) is -0.229. The summed E-state index contributed by atoms with van der Waals surface area (Å²) >= 11 is 0. The minimum Gasteiger partial charge on any atom is -0.394 e. The van der Waals surface area contributed by atoms with E-state index in [1.165, 1.54) is 0 Å². The summed E-state index contributed by atoms with van der Waals surface area (Å²) in [5, 5.41) is 13.8. The maximum absolute atomic E-state index is 12.5. The van der Waals surface area contributed by atoms with E-state index in [0.29, 0.717) is 5.56 Å². The second-order valence-corrected chi connectivity index (χ2v) is 7.32. The third-order valence-corrected chi connectivity index (χ3v) is 3.48. The first kappa shape index (κ1) is 16.7. The second-order valence-electron chi connectivity index (χ2n) is 7.32. The Bertz CT molecular complexity index is 466. The highest BCUT2D eigenvalue weighted by Gasteiger charge is 2.31. The third-order valence-electron chi connectivity index (χ3n) is 3.48. The number of amides is 1. The van der Waals surface area contributed by atoms with Crippen LogP contribution in [0.15, 0.2) is 12.4 Å². The van der Waals surface area contributed by atoms with Crippen LogP contribution < -0.4 is 0 Å². The van der Waals surface area contributed by atoms with Crippen molar-refractivity contribution in [2.45, 2.75) is 53.1 Å². The Kier molecular flexibility index (Phi) is 4.64. The van der Waals surface area contributed by atoms with E-state index in [-0.39, 0.29) is 29.5 Å². The van der Waals surface area contributed by atoms with E-state index in [2.05, 4.69) is 5.10 Å². The minimum absolute atomic E-state index is 0.0564. The van der Waals surface area contributed by atoms with Crippen LogP contribution in [0.1, 0.15) is 51.9 Å². The SMILES string of the molecule is CN(C(=O)c1cnn(C(C)(C)C)c1)[C@@H](CO)C(C)(C)C. The van der Waals surface area contributed by atoms with Crippen LogP contribution in [0.5, 0.6) is 0 Å². The fraction of sp³-hybridized carbons (Fsp3) is 0.733. The van der Waals surface area contributed by atoms with E-state index < -0.39 is 0 Å². The van der Waals surface area contributed by atoms with Crippen molar-refractivity contribution in [3.05, 3.63) is 18.0 Å². The quantitative estimate of drug-likeness (QED) is 0.923. The van der Waals surface area contributed by atoms with Gasteiger partial charge in [-0.15, -0.1) is 0 Å². The summed E-state index contributed by atoms with van der Waals surface area (Å²) in [7, 11) is 1.73. The standard InChI is InChI=1S/C15H27N3O2/c1-14(2,3)12(10-19)17(7)13(20)11-8-16-18(9-11)15(4,5)6/h8-9,12,19H,10H2,1-7H3/t12-/m0/s1. The van der Waals surface area contributed by atoms with Gasteiger partial charge >= 0.3 is 0 Å². The molecular weight excluding hydrogens is 254 g/mol. The van der Waals surface area contributed by atoms with E-state index in [0.717, 1.165) is 0 Å². The summed E-state index contributed by atoms with van der Waals surface area (Å²) in [4.78, 5) is 14.1. The lowest BCUT2D eigenvalue weighted by atomic mass is 9.86. The molecule has 1 N–H and O–H groups in total. The number of hydrogen-bond donors (Lipinski definition) is 1. The van der Waals surface area contributed by atoms with Crippen LogP contribution in [0, 0.1) is 5.41 Å². The van der Waals surface area contributed by atoms with Gasteiger partial charge in [-0.3, -0.25) is 9.48 Å². The van der Waals surface area contributed by atoms with Gasteiger partial charge in [-0.2, -0.15) is 5.10 Å². The first-order valence-electron chi connectivity index (χ1n) is 6.91. The average molecular weight is 281 g/mol. The third kappa shape index (κ3) is 3.60. The highest BCUT2D eigenvalue weighted by Crippen LogP contribution is 2.24. The monoisotopic (exact) mass is 281 g/mol. The number of aromatic nitrogens is 2. The lowest BCUT2D eigenvalue weighted by molar-refractivity contribution is 0.0433. The molecule has 0 fully saturated rings. The molecule has 1 aromatic heterocycles. The Morgan fingerprint density at radius 3 is 2.25 bits per heavy atom. The molecule has 0 bridgehead atoms. The van der Waals surface area contributed by atoms with E-state index in [9.17, 15) is 9.90 Å². The molecule has 0 aliphatic rings. The molecule has 0 aliphatic heterocycles. The lowest BCUT2D eigenvalue weighted by Gasteiger charge is -2.36. The maximum Gasteiger partial charge on any atom is 0.257 e. The van der Waals surface area contributed by atoms with Gasteiger partial charge in [0, 0.05) is 13.2 Å². The fourth-order valence-corrected chi connectivity index (χ4v) is 2.12. The zero-order valence-corrected chi connectivity index (χ0v) is 13.6. The molecule has 0 radical (unpaired) electrons. The Morgan fingerprint density at radius 2 is 1.90 bits per heavy atom. The van der Waals surface area contributed by atoms with Crippen LogP contribution in [-0.2, 0) is 5.54 Å². The highest BCUT2D eigenvalue weighted by molar-refractivity contribution is 5.93. The molecule has 1 amide bonds. The summed E-state index contributed by atoms with van der Waals surface area (Å²) in [6.45, 7) is 12.1. The van der Waals surface area contributed by atoms with Crippen LogP contribution in [0.3, 0.4) is 0 Å². The summed E-state index contributed by atoms with van der Waals surface area (Å²) in [6.07, 6.45) is 3.34. The van der Waals surface area contributed by atoms with Gasteiger partial charge in [-0.05, 0) is 26.2 Å². The minimum atomic E-state index is -0.229. The number of aliphatic hydroxyl groups is 1. The number of aliphatic hydroxyl groups excluding tert-OH is 1. The molecule has 1 rings (SSSR count). The zero-order valence-electron chi connectivity index (χ0n) is 13.6. The van der Waals surface area contributed by atoms with Crippen molar-refractivity contribution in [2.75, 3.05) is 13.7 Å². The number of carbonyl (C=O) groups excluding carboxylic acids is 1. The Balaban J connectivity index is 2.97. The number of nitrogens with zero attached hydrogens (tertiary/aromatic N) is 3. The van der Waals surface area contributed by atoms with E-state index >= 15 is 0 Å². The van der Waals surface area contributed by atoms with Gasteiger partial charge in [-0.25, -0.2) is 0 Å². The van der Waals surface area contributed by atoms with Gasteiger partial charge < -0.3 is 10.0 Å². The molecule has 0 saturated heterocycles. The molecular formula is C15H27N3O2. The van der Waals surface area contributed by atoms with Crippen molar-refractivity contribution >= 4 is 5.91 Å². The lowest BCUT2D eigenvalue weighted by Crippen LogP contribution is -2.47. The second kappa shape index (κ2) is 5.56. The first-order valence-corrected chi connectivity index (χ1v) is 6.91. The number of rotatable bonds is 3. The first-order chi connectivity index (χ1) is 8.98. The summed E-state index contributed by atoms with van der Waals surface area (Å²) < 4.78 is 1.78. The van der Waals surface area contributed by atoms with Crippen LogP contribution in [0.4, 0.5) is 0 Å². The van der Waals surface area contributed by atoms with Crippen LogP contribution in [0.25, 0.3) is 0 Å². The molecule has 0 aromatic carbocycles. The fourth-order valence-electron chi connectivity index (χ4n) is 2.12. The van der Waals surface area contributed by atoms with Crippen molar-refractivity contribution in [3.63, 3.8) is 0 Å². The molecule has 5 nitrogen and oxygen atoms in total. The van der Waals surface area contributed by atoms with Crippen LogP contribution in [-0.4, -0.2) is 45.4 Å². The highest BCUT2D eigenvalue weighted by atomic mass is 16.3. The van der Waals surface area contributed by atoms with Gasteiger partial charge in [0.25, 0.3) is 5.91 Å². The summed E-state index contributed by atoms with van der Waals surface area (Å²) in [5.74, 6) is -0.116. The van der Waals surface area contributed by atoms with Crippen molar-refractivity contribution in [2.24, 2.45) is 5.41 Å². The molecule has 1 aromatic rings. The van der Waals surface area contributed by atoms with E-state index in [4.69, 9.17) is 0 Å². The van der Waals surface area contributed by atoms with Crippen molar-refractivity contribution < 1.29 is 9.90 Å². The van der Waals surface area contributed by atoms with E-state index in [1.54, 1.807) is 29.0 Å². The van der Waals surface area contributed by atoms with E-state index in [1.807, 2.05) is 41.5 Å². The topological polar surface area (TPSA) is 58.4 Å². The molecule has 0 aliphatic carbocycles. The number of likely N-dealkylation sites (N-methyl/N-ethyl adjacent to an activating group) is 1. The van der Waals surface area contributed by atoms with Gasteiger partial charge in [-0.1, -0.05) is 20.8 Å². The van der Waals surface area contributed by atoms with Gasteiger partial charge in [0.1, 0.15) is 0 Å². The van der Waals surface area contributed by atoms with Crippen LogP contribution in [0.2, 0.25) is 0 Å². The van der Waals surface area contributed by atoms with Crippen LogP contribution >= 0.6 is 0 Å². The molecule has 20 heavy (non-hydrogen) atoms. The Labute approximate surface area is 121 Å². The molecule has 0 unspecified atom stereocenters. The normalized spacial score (nSPS) is 14.2. The number of hydrogen-bond acceptors (Lipinski definition) is 3. The molecule has 1 heterocycles. The maximum atomic E-state index is 12.5. The smallest absolute Gasteiger partial charge is 0.257 e.